The predicted molar refractivity (Wildman–Crippen MR) is 103 cm³/mol. The minimum Gasteiger partial charge on any atom is -0.460 e. The lowest BCUT2D eigenvalue weighted by molar-refractivity contribution is 0.0486. The number of hydrogen-bond acceptors (Lipinski definition) is 5. The van der Waals surface area contributed by atoms with Gasteiger partial charge in [-0.25, -0.2) is 9.59 Å². The Labute approximate surface area is 175 Å². The summed E-state index contributed by atoms with van der Waals surface area (Å²) in [6.07, 6.45) is -0.341. The van der Waals surface area contributed by atoms with Crippen LogP contribution < -0.4 is 0 Å². The maximum Gasteiger partial charge on any atom is 0.412 e. The molecule has 0 radical (unpaired) electrons. The maximum absolute atomic E-state index is 12.5. The van der Waals surface area contributed by atoms with Gasteiger partial charge < -0.3 is 18.8 Å². The number of esters is 1. The van der Waals surface area contributed by atoms with Crippen LogP contribution in [0.4, 0.5) is 4.79 Å². The quantitative estimate of drug-likeness (QED) is 0.473. The van der Waals surface area contributed by atoms with Gasteiger partial charge in [0.1, 0.15) is 5.58 Å². The Hall–Kier alpha value is -1.34. The molecule has 0 bridgehead atoms. The minimum atomic E-state index is -1.86. The molecule has 27 heavy (non-hydrogen) atoms. The van der Waals surface area contributed by atoms with Gasteiger partial charge in [-0.3, -0.25) is 0 Å². The molecule has 0 aliphatic carbocycles. The average molecular weight is 455 g/mol. The van der Waals surface area contributed by atoms with Crippen molar-refractivity contribution in [3.8, 4) is 0 Å². The fourth-order valence-corrected chi connectivity index (χ4v) is 3.39. The Bertz CT molecular complexity index is 895. The Morgan fingerprint density at radius 2 is 2.04 bits per heavy atom. The number of alkyl halides is 3. The highest BCUT2D eigenvalue weighted by atomic mass is 35.5. The number of carbonyl (C=O) groups excluding carboxylic acids is 2. The van der Waals surface area contributed by atoms with E-state index >= 15 is 0 Å². The lowest BCUT2D eigenvalue weighted by Gasteiger charge is -2.24. The molecule has 1 aromatic carbocycles. The zero-order valence-electron chi connectivity index (χ0n) is 14.2. The van der Waals surface area contributed by atoms with Crippen molar-refractivity contribution in [3.63, 3.8) is 0 Å². The Morgan fingerprint density at radius 3 is 2.70 bits per heavy atom. The van der Waals surface area contributed by atoms with Crippen LogP contribution in [0, 0.1) is 0 Å². The fourth-order valence-electron chi connectivity index (χ4n) is 2.95. The zero-order valence-corrected chi connectivity index (χ0v) is 17.2. The van der Waals surface area contributed by atoms with Gasteiger partial charge in [-0.1, -0.05) is 34.8 Å². The van der Waals surface area contributed by atoms with E-state index in [1.165, 1.54) is 4.90 Å². The second-order valence-electron chi connectivity index (χ2n) is 5.84. The summed E-state index contributed by atoms with van der Waals surface area (Å²) in [7, 11) is 0. The second kappa shape index (κ2) is 7.95. The summed E-state index contributed by atoms with van der Waals surface area (Å²) in [6.45, 7) is 2.20. The molecule has 0 unspecified atom stereocenters. The van der Waals surface area contributed by atoms with E-state index in [9.17, 15) is 9.59 Å². The van der Waals surface area contributed by atoms with Crippen LogP contribution in [-0.2, 0) is 22.4 Å². The highest BCUT2D eigenvalue weighted by molar-refractivity contribution is 6.50. The average Bonchev–Trinajstić information content (AvgIpc) is 2.85. The van der Waals surface area contributed by atoms with E-state index in [1.54, 1.807) is 19.1 Å². The first kappa shape index (κ1) is 20.4. The van der Waals surface area contributed by atoms with Crippen molar-refractivity contribution in [3.05, 3.63) is 34.0 Å². The van der Waals surface area contributed by atoms with Gasteiger partial charge in [0.2, 0.25) is 5.76 Å². The Morgan fingerprint density at radius 1 is 1.30 bits per heavy atom. The molecule has 2 aromatic rings. The molecule has 1 aliphatic rings. The molecule has 0 saturated heterocycles. The van der Waals surface area contributed by atoms with E-state index in [2.05, 4.69) is 0 Å². The molecule has 1 aliphatic heterocycles. The number of carbonyl (C=O) groups is 2. The molecule has 1 aromatic heterocycles. The fraction of sp³-hybridized carbons (Fsp3) is 0.412. The third-order valence-corrected chi connectivity index (χ3v) is 5.52. The maximum atomic E-state index is 12.5. The molecule has 0 fully saturated rings. The van der Waals surface area contributed by atoms with Crippen molar-refractivity contribution >= 4 is 69.4 Å². The van der Waals surface area contributed by atoms with Crippen LogP contribution >= 0.6 is 46.4 Å². The highest BCUT2D eigenvalue weighted by Crippen LogP contribution is 2.37. The van der Waals surface area contributed by atoms with Gasteiger partial charge in [0.05, 0.1) is 19.0 Å². The van der Waals surface area contributed by atoms with Crippen LogP contribution in [0.2, 0.25) is 5.02 Å². The third kappa shape index (κ3) is 4.09. The zero-order chi connectivity index (χ0) is 19.8. The first-order valence-electron chi connectivity index (χ1n) is 8.09. The molecule has 0 spiro atoms. The molecule has 6 nitrogen and oxygen atoms in total. The number of rotatable bonds is 4. The van der Waals surface area contributed by atoms with Crippen molar-refractivity contribution in [2.24, 2.45) is 0 Å². The normalized spacial score (nSPS) is 14.2. The standard InChI is InChI=1S/C17H15Cl4NO5/c1-2-25-15(23)14-10-7-22(16(24)27-17(20,21)8-18)6-5-9-11(19)3-4-12(26-14)13(9)10/h3-4H,2,5-8H2,1H3. The lowest BCUT2D eigenvalue weighted by atomic mass is 10.0. The molecule has 3 rings (SSSR count). The first-order chi connectivity index (χ1) is 12.8. The summed E-state index contributed by atoms with van der Waals surface area (Å²) >= 11 is 23.6. The monoisotopic (exact) mass is 453 g/mol. The minimum absolute atomic E-state index is 0.0235. The van der Waals surface area contributed by atoms with E-state index in [0.717, 1.165) is 5.56 Å². The van der Waals surface area contributed by atoms with Crippen LogP contribution in [-0.4, -0.2) is 40.5 Å². The van der Waals surface area contributed by atoms with E-state index in [4.69, 9.17) is 60.3 Å². The van der Waals surface area contributed by atoms with Gasteiger partial charge in [0.25, 0.3) is 4.52 Å². The van der Waals surface area contributed by atoms with Crippen molar-refractivity contribution in [2.75, 3.05) is 19.0 Å². The van der Waals surface area contributed by atoms with Crippen molar-refractivity contribution in [1.29, 1.82) is 0 Å². The van der Waals surface area contributed by atoms with E-state index < -0.39 is 16.6 Å². The number of halogens is 4. The second-order valence-corrected chi connectivity index (χ2v) is 7.93. The molecule has 0 atom stereocenters. The summed E-state index contributed by atoms with van der Waals surface area (Å²) in [6, 6.07) is 3.36. The van der Waals surface area contributed by atoms with Gasteiger partial charge in [-0.15, -0.1) is 11.6 Å². The number of furan rings is 1. The summed E-state index contributed by atoms with van der Waals surface area (Å²) < 4.78 is 14.0. The van der Waals surface area contributed by atoms with E-state index in [0.29, 0.717) is 28.0 Å². The van der Waals surface area contributed by atoms with Gasteiger partial charge >= 0.3 is 12.1 Å². The molecular weight excluding hydrogens is 440 g/mol. The van der Waals surface area contributed by atoms with Crippen LogP contribution in [0.5, 0.6) is 0 Å². The Balaban J connectivity index is 2.03. The molecular formula is C17H15Cl4NO5. The number of benzene rings is 1. The van der Waals surface area contributed by atoms with Crippen molar-refractivity contribution in [2.45, 2.75) is 24.4 Å². The number of hydrogen-bond donors (Lipinski definition) is 0. The predicted octanol–water partition coefficient (Wildman–Crippen LogP) is 5.13. The lowest BCUT2D eigenvalue weighted by Crippen LogP contribution is -2.37. The SMILES string of the molecule is CCOC(=O)c1oc2ccc(Cl)c3c2c1CN(C(=O)OC(Cl)(Cl)CCl)CC3. The van der Waals surface area contributed by atoms with Crippen LogP contribution in [0.15, 0.2) is 16.5 Å². The summed E-state index contributed by atoms with van der Waals surface area (Å²) in [5.41, 5.74) is 1.77. The number of nitrogens with zero attached hydrogens (tertiary/aromatic N) is 1. The van der Waals surface area contributed by atoms with E-state index in [-0.39, 0.29) is 31.3 Å². The van der Waals surface area contributed by atoms with Crippen LogP contribution in [0.1, 0.15) is 28.6 Å². The van der Waals surface area contributed by atoms with E-state index in [1.807, 2.05) is 0 Å². The summed E-state index contributed by atoms with van der Waals surface area (Å²) in [5.74, 6) is -0.896. The molecule has 146 valence electrons. The third-order valence-electron chi connectivity index (χ3n) is 4.10. The Kier molecular flexibility index (Phi) is 6.01. The van der Waals surface area contributed by atoms with Crippen molar-refractivity contribution < 1.29 is 23.5 Å². The molecule has 2 heterocycles. The highest BCUT2D eigenvalue weighted by Gasteiger charge is 2.34. The van der Waals surface area contributed by atoms with Gasteiger partial charge in [-0.05, 0) is 31.0 Å². The summed E-state index contributed by atoms with van der Waals surface area (Å²) in [4.78, 5) is 26.2. The van der Waals surface area contributed by atoms with Crippen LogP contribution in [0.3, 0.4) is 0 Å². The molecule has 1 amide bonds. The number of ether oxygens (including phenoxy) is 2. The topological polar surface area (TPSA) is 69.0 Å². The van der Waals surface area contributed by atoms with Crippen LogP contribution in [0.25, 0.3) is 11.0 Å². The molecule has 10 heteroatoms. The van der Waals surface area contributed by atoms with Gasteiger partial charge in [0, 0.05) is 22.5 Å². The summed E-state index contributed by atoms with van der Waals surface area (Å²) in [5, 5.41) is 1.21. The molecule has 0 saturated carbocycles. The number of amides is 1. The smallest absolute Gasteiger partial charge is 0.412 e. The molecule has 0 N–H and O–H groups in total. The largest absolute Gasteiger partial charge is 0.460 e. The van der Waals surface area contributed by atoms with Gasteiger partial charge in [-0.2, -0.15) is 0 Å². The van der Waals surface area contributed by atoms with Crippen molar-refractivity contribution in [1.82, 2.24) is 4.90 Å². The first-order valence-corrected chi connectivity index (χ1v) is 9.75. The van der Waals surface area contributed by atoms with Gasteiger partial charge in [0.15, 0.2) is 0 Å².